The molecule has 0 atom stereocenters. The maximum Gasteiger partial charge on any atom is 0.256 e. The van der Waals surface area contributed by atoms with Crippen molar-refractivity contribution in [3.8, 4) is 0 Å². The van der Waals surface area contributed by atoms with Crippen molar-refractivity contribution in [3.05, 3.63) is 58.3 Å². The Bertz CT molecular complexity index is 1040. The second-order valence-corrected chi connectivity index (χ2v) is 6.51. The number of nitrogens with one attached hydrogen (secondary N) is 1. The second kappa shape index (κ2) is 5.44. The molecule has 0 unspecified atom stereocenters. The highest BCUT2D eigenvalue weighted by molar-refractivity contribution is 6.04. The number of nitrogens with two attached hydrogens (primary N) is 1. The lowest BCUT2D eigenvalue weighted by Crippen LogP contribution is -2.26. The predicted molar refractivity (Wildman–Crippen MR) is 95.3 cm³/mol. The van der Waals surface area contributed by atoms with Gasteiger partial charge >= 0.3 is 0 Å². The molecule has 126 valence electrons. The number of ketones is 1. The number of fused-ring (bicyclic) bond motifs is 2. The van der Waals surface area contributed by atoms with Gasteiger partial charge in [-0.2, -0.15) is 5.10 Å². The number of nitrogens with zero attached hydrogens (tertiary/aromatic N) is 2. The number of hydrogen-bond acceptors (Lipinski definition) is 4. The van der Waals surface area contributed by atoms with Crippen LogP contribution >= 0.6 is 0 Å². The number of aryl methyl sites for hydroxylation is 1. The number of hydrogen-bond donors (Lipinski definition) is 2. The fourth-order valence-corrected chi connectivity index (χ4v) is 3.31. The first-order valence-electron chi connectivity index (χ1n) is 8.10. The van der Waals surface area contributed by atoms with Gasteiger partial charge in [0.2, 0.25) is 0 Å². The van der Waals surface area contributed by atoms with E-state index in [-0.39, 0.29) is 11.7 Å². The Balaban J connectivity index is 1.67. The zero-order valence-electron chi connectivity index (χ0n) is 14.1. The van der Waals surface area contributed by atoms with Gasteiger partial charge in [-0.3, -0.25) is 14.7 Å². The number of benzene rings is 2. The highest BCUT2D eigenvalue weighted by atomic mass is 16.2. The molecule has 4 rings (SSSR count). The molecule has 1 aliphatic rings. The summed E-state index contributed by atoms with van der Waals surface area (Å²) in [5.74, 6) is -0.0849. The lowest BCUT2D eigenvalue weighted by molar-refractivity contribution is 0.0752. The highest BCUT2D eigenvalue weighted by Gasteiger charge is 2.26. The van der Waals surface area contributed by atoms with E-state index in [0.717, 1.165) is 27.7 Å². The Morgan fingerprint density at radius 2 is 1.92 bits per heavy atom. The van der Waals surface area contributed by atoms with E-state index >= 15 is 0 Å². The van der Waals surface area contributed by atoms with Crippen LogP contribution in [-0.2, 0) is 13.1 Å². The molecule has 2 aromatic carbocycles. The van der Waals surface area contributed by atoms with Crippen LogP contribution in [0.2, 0.25) is 0 Å². The van der Waals surface area contributed by atoms with Crippen LogP contribution in [-0.4, -0.2) is 26.8 Å². The van der Waals surface area contributed by atoms with E-state index in [1.165, 1.54) is 0 Å². The third-order valence-corrected chi connectivity index (χ3v) is 4.77. The van der Waals surface area contributed by atoms with Crippen molar-refractivity contribution < 1.29 is 9.59 Å². The molecule has 0 bridgehead atoms. The summed E-state index contributed by atoms with van der Waals surface area (Å²) in [5.41, 5.74) is 11.4. The average molecular weight is 334 g/mol. The van der Waals surface area contributed by atoms with Crippen LogP contribution in [0.1, 0.15) is 44.5 Å². The Morgan fingerprint density at radius 3 is 2.68 bits per heavy atom. The monoisotopic (exact) mass is 334 g/mol. The summed E-state index contributed by atoms with van der Waals surface area (Å²) >= 11 is 0. The normalized spacial score (nSPS) is 13.3. The van der Waals surface area contributed by atoms with E-state index in [1.807, 2.05) is 25.1 Å². The second-order valence-electron chi connectivity index (χ2n) is 6.51. The molecule has 1 aromatic heterocycles. The number of amides is 1. The minimum absolute atomic E-state index is 0.0257. The van der Waals surface area contributed by atoms with E-state index in [0.29, 0.717) is 29.9 Å². The Morgan fingerprint density at radius 1 is 1.16 bits per heavy atom. The third-order valence-electron chi connectivity index (χ3n) is 4.77. The summed E-state index contributed by atoms with van der Waals surface area (Å²) in [6.07, 6.45) is 0. The van der Waals surface area contributed by atoms with E-state index in [1.54, 1.807) is 24.0 Å². The summed E-state index contributed by atoms with van der Waals surface area (Å²) in [7, 11) is 0. The number of aromatic nitrogens is 2. The molecule has 0 saturated heterocycles. The Hall–Kier alpha value is -3.15. The summed E-state index contributed by atoms with van der Waals surface area (Å²) in [6, 6.07) is 9.13. The van der Waals surface area contributed by atoms with Gasteiger partial charge < -0.3 is 10.6 Å². The molecule has 6 heteroatoms. The standard InChI is InChI=1S/C19H18N4O2/c1-10-15-6-16(17(20)7-18(15)22-21-10)19(25)23-8-13-4-3-12(11(2)24)5-14(13)9-23/h3-7H,8-9,20H2,1-2H3,(H,21,22). The first-order chi connectivity index (χ1) is 11.9. The average Bonchev–Trinajstić information content (AvgIpc) is 3.16. The van der Waals surface area contributed by atoms with Gasteiger partial charge in [0.05, 0.1) is 11.1 Å². The largest absolute Gasteiger partial charge is 0.398 e. The van der Waals surface area contributed by atoms with E-state index < -0.39 is 0 Å². The van der Waals surface area contributed by atoms with Gasteiger partial charge in [-0.1, -0.05) is 12.1 Å². The Kier molecular flexibility index (Phi) is 3.35. The van der Waals surface area contributed by atoms with Crippen molar-refractivity contribution >= 4 is 28.3 Å². The summed E-state index contributed by atoms with van der Waals surface area (Å²) in [5, 5.41) is 7.98. The molecule has 1 amide bonds. The van der Waals surface area contributed by atoms with Gasteiger partial charge in [-0.05, 0) is 43.2 Å². The quantitative estimate of drug-likeness (QED) is 0.557. The molecule has 0 saturated carbocycles. The number of carbonyl (C=O) groups is 2. The van der Waals surface area contributed by atoms with Crippen molar-refractivity contribution in [2.75, 3.05) is 5.73 Å². The zero-order chi connectivity index (χ0) is 17.7. The van der Waals surface area contributed by atoms with Crippen molar-refractivity contribution in [3.63, 3.8) is 0 Å². The molecular formula is C19H18N4O2. The van der Waals surface area contributed by atoms with Crippen LogP contribution in [0.25, 0.3) is 10.9 Å². The zero-order valence-corrected chi connectivity index (χ0v) is 14.1. The van der Waals surface area contributed by atoms with Crippen LogP contribution in [0.3, 0.4) is 0 Å². The molecule has 6 nitrogen and oxygen atoms in total. The number of H-pyrrole nitrogens is 1. The lowest BCUT2D eigenvalue weighted by Gasteiger charge is -2.16. The minimum Gasteiger partial charge on any atom is -0.398 e. The van der Waals surface area contributed by atoms with Gasteiger partial charge in [0.15, 0.2) is 5.78 Å². The van der Waals surface area contributed by atoms with Gasteiger partial charge in [-0.15, -0.1) is 0 Å². The van der Waals surface area contributed by atoms with E-state index in [2.05, 4.69) is 10.2 Å². The number of Topliss-reactive ketones (excluding diaryl/α,β-unsaturated/α-hetero) is 1. The Labute approximate surface area is 144 Å². The fourth-order valence-electron chi connectivity index (χ4n) is 3.31. The van der Waals surface area contributed by atoms with Crippen LogP contribution in [0.4, 0.5) is 5.69 Å². The SMILES string of the molecule is CC(=O)c1ccc2c(c1)CN(C(=O)c1cc3c(C)[nH]nc3cc1N)C2. The smallest absolute Gasteiger partial charge is 0.256 e. The van der Waals surface area contributed by atoms with Gasteiger partial charge in [-0.25, -0.2) is 0 Å². The first-order valence-corrected chi connectivity index (χ1v) is 8.10. The molecule has 0 fully saturated rings. The summed E-state index contributed by atoms with van der Waals surface area (Å²) in [4.78, 5) is 26.3. The van der Waals surface area contributed by atoms with Crippen LogP contribution in [0.5, 0.6) is 0 Å². The highest BCUT2D eigenvalue weighted by Crippen LogP contribution is 2.29. The van der Waals surface area contributed by atoms with Crippen molar-refractivity contribution in [2.45, 2.75) is 26.9 Å². The van der Waals surface area contributed by atoms with Crippen LogP contribution in [0.15, 0.2) is 30.3 Å². The number of anilines is 1. The maximum absolute atomic E-state index is 13.0. The summed E-state index contributed by atoms with van der Waals surface area (Å²) < 4.78 is 0. The van der Waals surface area contributed by atoms with Crippen molar-refractivity contribution in [1.82, 2.24) is 15.1 Å². The van der Waals surface area contributed by atoms with Crippen molar-refractivity contribution in [1.29, 1.82) is 0 Å². The minimum atomic E-state index is -0.111. The van der Waals surface area contributed by atoms with Gasteiger partial charge in [0.25, 0.3) is 5.91 Å². The summed E-state index contributed by atoms with van der Waals surface area (Å²) in [6.45, 7) is 4.46. The molecule has 3 aromatic rings. The molecule has 1 aliphatic heterocycles. The molecule has 2 heterocycles. The lowest BCUT2D eigenvalue weighted by atomic mass is 10.0. The molecule has 25 heavy (non-hydrogen) atoms. The van der Waals surface area contributed by atoms with Gasteiger partial charge in [0.1, 0.15) is 0 Å². The van der Waals surface area contributed by atoms with E-state index in [9.17, 15) is 9.59 Å². The maximum atomic E-state index is 13.0. The molecule has 3 N–H and O–H groups in total. The number of nitrogen functional groups attached to an aromatic ring is 1. The molecule has 0 aliphatic carbocycles. The van der Waals surface area contributed by atoms with Crippen LogP contribution in [0, 0.1) is 6.92 Å². The number of rotatable bonds is 2. The van der Waals surface area contributed by atoms with Gasteiger partial charge in [0, 0.05) is 35.4 Å². The van der Waals surface area contributed by atoms with Crippen LogP contribution < -0.4 is 5.73 Å². The number of aromatic amines is 1. The number of carbonyl (C=O) groups excluding carboxylic acids is 2. The predicted octanol–water partition coefficient (Wildman–Crippen LogP) is 2.81. The van der Waals surface area contributed by atoms with E-state index in [4.69, 9.17) is 5.73 Å². The first kappa shape index (κ1) is 15.4. The third kappa shape index (κ3) is 2.46. The molecule has 0 spiro atoms. The molecular weight excluding hydrogens is 316 g/mol. The fraction of sp³-hybridized carbons (Fsp3) is 0.211. The topological polar surface area (TPSA) is 92.1 Å². The molecule has 0 radical (unpaired) electrons. The van der Waals surface area contributed by atoms with Crippen molar-refractivity contribution in [2.24, 2.45) is 0 Å².